The Labute approximate surface area is 120 Å². The number of hydrogen-bond donors (Lipinski definition) is 2. The summed E-state index contributed by atoms with van der Waals surface area (Å²) in [6, 6.07) is 5.75. The fourth-order valence-corrected chi connectivity index (χ4v) is 2.21. The third-order valence-electron chi connectivity index (χ3n) is 3.59. The van der Waals surface area contributed by atoms with Crippen LogP contribution in [0.1, 0.15) is 19.8 Å². The van der Waals surface area contributed by atoms with Gasteiger partial charge in [-0.1, -0.05) is 6.92 Å². The monoisotopic (exact) mass is 280 g/mol. The van der Waals surface area contributed by atoms with Crippen LogP contribution in [0.2, 0.25) is 0 Å². The van der Waals surface area contributed by atoms with Crippen LogP contribution < -0.4 is 15.8 Å². The van der Waals surface area contributed by atoms with Crippen molar-refractivity contribution in [2.75, 3.05) is 44.5 Å². The molecule has 1 saturated heterocycles. The molecule has 112 valence electrons. The molecule has 3 N–H and O–H groups in total. The van der Waals surface area contributed by atoms with Gasteiger partial charge in [0.2, 0.25) is 0 Å². The van der Waals surface area contributed by atoms with Crippen LogP contribution in [0.3, 0.4) is 0 Å². The first kappa shape index (κ1) is 14.9. The summed E-state index contributed by atoms with van der Waals surface area (Å²) in [5.74, 6) is 0.728. The third-order valence-corrected chi connectivity index (χ3v) is 3.59. The van der Waals surface area contributed by atoms with Crippen molar-refractivity contribution >= 4 is 11.4 Å². The van der Waals surface area contributed by atoms with Crippen molar-refractivity contribution in [3.63, 3.8) is 0 Å². The lowest BCUT2D eigenvalue weighted by atomic mass is 10.0. The minimum absolute atomic E-state index is 0.230. The standard InChI is InChI=1S/C15H24N2O3/c1-3-7-20-14-9-12(4-5-13(14)16)17-10-15(18-2)6-8-19-11-15/h4-5,9,17H,3,6-8,10-11,16H2,1-2H3. The van der Waals surface area contributed by atoms with Crippen LogP contribution in [0, 0.1) is 0 Å². The van der Waals surface area contributed by atoms with Gasteiger partial charge in [0.25, 0.3) is 0 Å². The van der Waals surface area contributed by atoms with Gasteiger partial charge in [-0.2, -0.15) is 0 Å². The highest BCUT2D eigenvalue weighted by molar-refractivity contribution is 5.61. The summed E-state index contributed by atoms with van der Waals surface area (Å²) in [4.78, 5) is 0. The van der Waals surface area contributed by atoms with E-state index in [0.717, 1.165) is 30.9 Å². The molecule has 2 rings (SSSR count). The van der Waals surface area contributed by atoms with Crippen LogP contribution in [0.4, 0.5) is 11.4 Å². The number of rotatable bonds is 7. The molecule has 1 aromatic carbocycles. The smallest absolute Gasteiger partial charge is 0.144 e. The fraction of sp³-hybridized carbons (Fsp3) is 0.600. The summed E-state index contributed by atoms with van der Waals surface area (Å²) in [6.45, 7) is 4.83. The summed E-state index contributed by atoms with van der Waals surface area (Å²) in [5, 5.41) is 3.38. The van der Waals surface area contributed by atoms with Crippen molar-refractivity contribution < 1.29 is 14.2 Å². The van der Waals surface area contributed by atoms with Crippen molar-refractivity contribution in [2.45, 2.75) is 25.4 Å². The molecule has 5 nitrogen and oxygen atoms in total. The first-order valence-electron chi connectivity index (χ1n) is 7.08. The molecule has 5 heteroatoms. The van der Waals surface area contributed by atoms with Gasteiger partial charge in [-0.3, -0.25) is 0 Å². The van der Waals surface area contributed by atoms with Gasteiger partial charge in [-0.15, -0.1) is 0 Å². The lowest BCUT2D eigenvalue weighted by Crippen LogP contribution is -2.39. The molecule has 20 heavy (non-hydrogen) atoms. The molecule has 1 aliphatic heterocycles. The highest BCUT2D eigenvalue weighted by Gasteiger charge is 2.34. The van der Waals surface area contributed by atoms with E-state index in [1.54, 1.807) is 7.11 Å². The molecule has 1 heterocycles. The van der Waals surface area contributed by atoms with Crippen molar-refractivity contribution in [2.24, 2.45) is 0 Å². The second kappa shape index (κ2) is 6.81. The Morgan fingerprint density at radius 2 is 2.30 bits per heavy atom. The number of methoxy groups -OCH3 is 1. The Morgan fingerprint density at radius 3 is 2.95 bits per heavy atom. The summed E-state index contributed by atoms with van der Waals surface area (Å²) in [6.07, 6.45) is 1.87. The molecule has 1 fully saturated rings. The van der Waals surface area contributed by atoms with Crippen LogP contribution in [0.25, 0.3) is 0 Å². The molecule has 0 bridgehead atoms. The number of nitrogen functional groups attached to an aromatic ring is 1. The third kappa shape index (κ3) is 3.55. The number of anilines is 2. The molecule has 0 aromatic heterocycles. The van der Waals surface area contributed by atoms with Crippen LogP contribution in [-0.2, 0) is 9.47 Å². The van der Waals surface area contributed by atoms with Gasteiger partial charge in [0.1, 0.15) is 11.4 Å². The molecule has 0 amide bonds. The molecule has 0 aliphatic carbocycles. The molecule has 1 aromatic rings. The normalized spacial score (nSPS) is 21.9. The quantitative estimate of drug-likeness (QED) is 0.750. The molecule has 1 unspecified atom stereocenters. The molecule has 1 atom stereocenters. The fourth-order valence-electron chi connectivity index (χ4n) is 2.21. The second-order valence-electron chi connectivity index (χ2n) is 5.14. The summed E-state index contributed by atoms with van der Waals surface area (Å²) >= 11 is 0. The lowest BCUT2D eigenvalue weighted by molar-refractivity contribution is -0.00620. The molecule has 0 saturated carbocycles. The predicted octanol–water partition coefficient (Wildman–Crippen LogP) is 2.27. The van der Waals surface area contributed by atoms with Gasteiger partial charge in [-0.25, -0.2) is 0 Å². The molecule has 0 radical (unpaired) electrons. The number of ether oxygens (including phenoxy) is 3. The Bertz CT molecular complexity index is 431. The lowest BCUT2D eigenvalue weighted by Gasteiger charge is -2.26. The van der Waals surface area contributed by atoms with E-state index in [9.17, 15) is 0 Å². The molecule has 0 spiro atoms. The predicted molar refractivity (Wildman–Crippen MR) is 80.3 cm³/mol. The Morgan fingerprint density at radius 1 is 1.45 bits per heavy atom. The average Bonchev–Trinajstić information content (AvgIpc) is 2.94. The van der Waals surface area contributed by atoms with Crippen LogP contribution in [0.15, 0.2) is 18.2 Å². The van der Waals surface area contributed by atoms with Crippen LogP contribution in [-0.4, -0.2) is 39.1 Å². The summed E-state index contributed by atoms with van der Waals surface area (Å²) in [7, 11) is 1.73. The minimum Gasteiger partial charge on any atom is -0.491 e. The van der Waals surface area contributed by atoms with E-state index >= 15 is 0 Å². The van der Waals surface area contributed by atoms with Gasteiger partial charge in [0.05, 0.1) is 18.9 Å². The largest absolute Gasteiger partial charge is 0.491 e. The molecule has 1 aliphatic rings. The Hall–Kier alpha value is -1.46. The number of benzene rings is 1. The van der Waals surface area contributed by atoms with Gasteiger partial charge >= 0.3 is 0 Å². The molecular formula is C15H24N2O3. The summed E-state index contributed by atoms with van der Waals surface area (Å²) in [5.41, 5.74) is 7.31. The summed E-state index contributed by atoms with van der Waals surface area (Å²) < 4.78 is 16.7. The van der Waals surface area contributed by atoms with E-state index in [0.29, 0.717) is 25.4 Å². The zero-order valence-corrected chi connectivity index (χ0v) is 12.3. The van der Waals surface area contributed by atoms with Gasteiger partial charge < -0.3 is 25.3 Å². The van der Waals surface area contributed by atoms with Crippen LogP contribution >= 0.6 is 0 Å². The van der Waals surface area contributed by atoms with E-state index in [1.165, 1.54) is 0 Å². The number of nitrogens with one attached hydrogen (secondary N) is 1. The maximum absolute atomic E-state index is 5.90. The van der Waals surface area contributed by atoms with Crippen molar-refractivity contribution in [3.05, 3.63) is 18.2 Å². The minimum atomic E-state index is -0.230. The Balaban J connectivity index is 1.98. The molecular weight excluding hydrogens is 256 g/mol. The van der Waals surface area contributed by atoms with E-state index in [1.807, 2.05) is 18.2 Å². The zero-order valence-electron chi connectivity index (χ0n) is 12.3. The Kier molecular flexibility index (Phi) is 5.09. The van der Waals surface area contributed by atoms with E-state index < -0.39 is 0 Å². The van der Waals surface area contributed by atoms with Crippen molar-refractivity contribution in [1.82, 2.24) is 0 Å². The highest BCUT2D eigenvalue weighted by Crippen LogP contribution is 2.27. The topological polar surface area (TPSA) is 65.7 Å². The number of hydrogen-bond acceptors (Lipinski definition) is 5. The van der Waals surface area contributed by atoms with Crippen molar-refractivity contribution in [3.8, 4) is 5.75 Å². The van der Waals surface area contributed by atoms with Crippen molar-refractivity contribution in [1.29, 1.82) is 0 Å². The van der Waals surface area contributed by atoms with Gasteiger partial charge in [0, 0.05) is 38.4 Å². The van der Waals surface area contributed by atoms with Gasteiger partial charge in [-0.05, 0) is 18.6 Å². The highest BCUT2D eigenvalue weighted by atomic mass is 16.5. The zero-order chi connectivity index (χ0) is 14.4. The average molecular weight is 280 g/mol. The van der Waals surface area contributed by atoms with E-state index in [2.05, 4.69) is 12.2 Å². The van der Waals surface area contributed by atoms with Gasteiger partial charge in [0.15, 0.2) is 0 Å². The first-order chi connectivity index (χ1) is 9.69. The number of nitrogens with two attached hydrogens (primary N) is 1. The van der Waals surface area contributed by atoms with Crippen LogP contribution in [0.5, 0.6) is 5.75 Å². The van der Waals surface area contributed by atoms with E-state index in [-0.39, 0.29) is 5.60 Å². The maximum atomic E-state index is 5.90. The second-order valence-corrected chi connectivity index (χ2v) is 5.14. The first-order valence-corrected chi connectivity index (χ1v) is 7.08. The maximum Gasteiger partial charge on any atom is 0.144 e. The van der Waals surface area contributed by atoms with E-state index in [4.69, 9.17) is 19.9 Å². The SMILES string of the molecule is CCCOc1cc(NCC2(OC)CCOC2)ccc1N.